The van der Waals surface area contributed by atoms with E-state index in [2.05, 4.69) is 10.2 Å². The highest BCUT2D eigenvalue weighted by atomic mass is 16.3. The first-order valence-electron chi connectivity index (χ1n) is 5.88. The second-order valence-corrected chi connectivity index (χ2v) is 4.51. The molecule has 4 N–H and O–H groups in total. The molecule has 4 heteroatoms. The number of aromatic amines is 1. The largest absolute Gasteiger partial charge is 0.508 e. The number of aryl methyl sites for hydroxylation is 1. The molecule has 0 bridgehead atoms. The van der Waals surface area contributed by atoms with E-state index in [1.807, 2.05) is 12.1 Å². The van der Waals surface area contributed by atoms with Crippen LogP contribution in [0.4, 0.5) is 0 Å². The zero-order chi connectivity index (χ0) is 11.8. The van der Waals surface area contributed by atoms with Crippen molar-refractivity contribution in [2.24, 2.45) is 5.73 Å². The Kier molecular flexibility index (Phi) is 2.37. The topological polar surface area (TPSA) is 74.9 Å². The summed E-state index contributed by atoms with van der Waals surface area (Å²) in [6.07, 6.45) is 3.15. The summed E-state index contributed by atoms with van der Waals surface area (Å²) in [6, 6.07) is 7.15. The number of aromatic nitrogens is 2. The maximum atomic E-state index is 9.29. The van der Waals surface area contributed by atoms with Crippen LogP contribution in [0.5, 0.6) is 5.75 Å². The number of fused-ring (bicyclic) bond motifs is 1. The highest BCUT2D eigenvalue weighted by Gasteiger charge is 2.23. The molecule has 0 amide bonds. The molecule has 4 nitrogen and oxygen atoms in total. The minimum Gasteiger partial charge on any atom is -0.508 e. The van der Waals surface area contributed by atoms with Crippen molar-refractivity contribution in [3.63, 3.8) is 0 Å². The Balaban J connectivity index is 2.09. The minimum atomic E-state index is 0.0707. The van der Waals surface area contributed by atoms with E-state index < -0.39 is 0 Å². The number of rotatable bonds is 1. The molecule has 0 radical (unpaired) electrons. The molecule has 3 rings (SSSR count). The van der Waals surface area contributed by atoms with E-state index in [1.54, 1.807) is 12.1 Å². The van der Waals surface area contributed by atoms with Gasteiger partial charge in [0.1, 0.15) is 5.75 Å². The van der Waals surface area contributed by atoms with Crippen molar-refractivity contribution < 1.29 is 5.11 Å². The van der Waals surface area contributed by atoms with Gasteiger partial charge in [0.15, 0.2) is 0 Å². The zero-order valence-corrected chi connectivity index (χ0v) is 9.48. The Labute approximate surface area is 99.5 Å². The van der Waals surface area contributed by atoms with Crippen molar-refractivity contribution in [3.05, 3.63) is 35.5 Å². The molecule has 17 heavy (non-hydrogen) atoms. The number of benzene rings is 1. The van der Waals surface area contributed by atoms with Crippen LogP contribution in [0.2, 0.25) is 0 Å². The van der Waals surface area contributed by atoms with Gasteiger partial charge in [-0.25, -0.2) is 0 Å². The van der Waals surface area contributed by atoms with Gasteiger partial charge in [0.05, 0.1) is 5.69 Å². The fourth-order valence-corrected chi connectivity index (χ4v) is 2.46. The summed E-state index contributed by atoms with van der Waals surface area (Å²) < 4.78 is 0. The first-order valence-corrected chi connectivity index (χ1v) is 5.88. The quantitative estimate of drug-likeness (QED) is 0.701. The van der Waals surface area contributed by atoms with Crippen LogP contribution >= 0.6 is 0 Å². The number of aromatic hydroxyl groups is 1. The molecular formula is C13H15N3O. The number of nitrogens with one attached hydrogen (secondary N) is 1. The average molecular weight is 229 g/mol. The molecule has 1 atom stereocenters. The van der Waals surface area contributed by atoms with Crippen molar-refractivity contribution in [1.29, 1.82) is 0 Å². The number of phenols is 1. The molecule has 1 aliphatic rings. The van der Waals surface area contributed by atoms with E-state index in [4.69, 9.17) is 5.73 Å². The molecule has 1 heterocycles. The Morgan fingerprint density at radius 2 is 2.06 bits per heavy atom. The molecule has 2 aromatic rings. The third kappa shape index (κ3) is 1.70. The lowest BCUT2D eigenvalue weighted by Crippen LogP contribution is -2.17. The van der Waals surface area contributed by atoms with Gasteiger partial charge in [-0.15, -0.1) is 0 Å². The Morgan fingerprint density at radius 1 is 1.29 bits per heavy atom. The van der Waals surface area contributed by atoms with Crippen molar-refractivity contribution in [2.75, 3.05) is 0 Å². The smallest absolute Gasteiger partial charge is 0.115 e. The molecule has 0 spiro atoms. The lowest BCUT2D eigenvalue weighted by Gasteiger charge is -2.19. The molecule has 1 unspecified atom stereocenters. The third-order valence-electron chi connectivity index (χ3n) is 3.34. The fourth-order valence-electron chi connectivity index (χ4n) is 2.46. The molecule has 88 valence electrons. The van der Waals surface area contributed by atoms with Crippen molar-refractivity contribution in [1.82, 2.24) is 10.2 Å². The minimum absolute atomic E-state index is 0.0707. The maximum absolute atomic E-state index is 9.29. The molecular weight excluding hydrogens is 214 g/mol. The van der Waals surface area contributed by atoms with E-state index in [0.717, 1.165) is 41.8 Å². The summed E-state index contributed by atoms with van der Waals surface area (Å²) in [7, 11) is 0. The van der Waals surface area contributed by atoms with Crippen molar-refractivity contribution >= 4 is 0 Å². The van der Waals surface area contributed by atoms with Crippen LogP contribution in [-0.2, 0) is 6.42 Å². The van der Waals surface area contributed by atoms with Gasteiger partial charge in [-0.1, -0.05) is 0 Å². The predicted octanol–water partition coefficient (Wildman–Crippen LogP) is 2.12. The van der Waals surface area contributed by atoms with Crippen LogP contribution in [0.3, 0.4) is 0 Å². The van der Waals surface area contributed by atoms with E-state index in [9.17, 15) is 5.11 Å². The highest BCUT2D eigenvalue weighted by molar-refractivity contribution is 5.65. The van der Waals surface area contributed by atoms with Crippen LogP contribution < -0.4 is 5.73 Å². The predicted molar refractivity (Wildman–Crippen MR) is 65.6 cm³/mol. The lowest BCUT2D eigenvalue weighted by atomic mass is 9.90. The number of hydrogen-bond donors (Lipinski definition) is 3. The van der Waals surface area contributed by atoms with Crippen LogP contribution in [0.15, 0.2) is 24.3 Å². The van der Waals surface area contributed by atoms with Gasteiger partial charge in [-0.05, 0) is 43.5 Å². The van der Waals surface area contributed by atoms with Crippen molar-refractivity contribution in [2.45, 2.75) is 25.3 Å². The second-order valence-electron chi connectivity index (χ2n) is 4.51. The van der Waals surface area contributed by atoms with Gasteiger partial charge >= 0.3 is 0 Å². The molecule has 1 aromatic carbocycles. The van der Waals surface area contributed by atoms with E-state index >= 15 is 0 Å². The van der Waals surface area contributed by atoms with Gasteiger partial charge in [-0.3, -0.25) is 5.10 Å². The zero-order valence-electron chi connectivity index (χ0n) is 9.48. The van der Waals surface area contributed by atoms with Gasteiger partial charge in [0.2, 0.25) is 0 Å². The monoisotopic (exact) mass is 229 g/mol. The standard InChI is InChI=1S/C13H15N3O/c14-10-2-1-3-11-12(10)13(16-15-11)8-4-6-9(17)7-5-8/h4-7,10,17H,1-3,14H2,(H,15,16). The SMILES string of the molecule is NC1CCCc2[nH]nc(-c3ccc(O)cc3)c21. The van der Waals surface area contributed by atoms with Crippen molar-refractivity contribution in [3.8, 4) is 17.0 Å². The molecule has 0 aliphatic heterocycles. The Bertz CT molecular complexity index is 530. The summed E-state index contributed by atoms with van der Waals surface area (Å²) in [5.41, 5.74) is 10.4. The molecule has 0 fully saturated rings. The molecule has 0 saturated heterocycles. The third-order valence-corrected chi connectivity index (χ3v) is 3.34. The van der Waals surface area contributed by atoms with Gasteiger partial charge < -0.3 is 10.8 Å². The summed E-state index contributed by atoms with van der Waals surface area (Å²) in [6.45, 7) is 0. The van der Waals surface area contributed by atoms with Crippen LogP contribution in [-0.4, -0.2) is 15.3 Å². The van der Waals surface area contributed by atoms with Gasteiger partial charge in [0, 0.05) is 22.9 Å². The van der Waals surface area contributed by atoms with E-state index in [1.165, 1.54) is 0 Å². The molecule has 1 aromatic heterocycles. The first-order chi connectivity index (χ1) is 8.25. The Morgan fingerprint density at radius 3 is 2.82 bits per heavy atom. The molecule has 0 saturated carbocycles. The summed E-state index contributed by atoms with van der Waals surface area (Å²) in [5, 5.41) is 16.7. The van der Waals surface area contributed by atoms with Crippen LogP contribution in [0.25, 0.3) is 11.3 Å². The van der Waals surface area contributed by atoms with E-state index in [0.29, 0.717) is 0 Å². The maximum Gasteiger partial charge on any atom is 0.115 e. The van der Waals surface area contributed by atoms with E-state index in [-0.39, 0.29) is 11.8 Å². The average Bonchev–Trinajstić information content (AvgIpc) is 2.75. The van der Waals surface area contributed by atoms with Gasteiger partial charge in [-0.2, -0.15) is 5.10 Å². The first kappa shape index (κ1) is 10.4. The van der Waals surface area contributed by atoms with Crippen LogP contribution in [0, 0.1) is 0 Å². The number of nitrogens with two attached hydrogens (primary N) is 1. The summed E-state index contributed by atoms with van der Waals surface area (Å²) in [5.74, 6) is 0.266. The highest BCUT2D eigenvalue weighted by Crippen LogP contribution is 2.34. The number of phenolic OH excluding ortho intramolecular Hbond substituents is 1. The molecule has 1 aliphatic carbocycles. The normalized spacial score (nSPS) is 19.0. The number of nitrogens with zero attached hydrogens (tertiary/aromatic N) is 1. The lowest BCUT2D eigenvalue weighted by molar-refractivity contribution is 0.475. The number of hydrogen-bond acceptors (Lipinski definition) is 3. The van der Waals surface area contributed by atoms with Crippen LogP contribution in [0.1, 0.15) is 30.1 Å². The van der Waals surface area contributed by atoms with Gasteiger partial charge in [0.25, 0.3) is 0 Å². The summed E-state index contributed by atoms with van der Waals surface area (Å²) in [4.78, 5) is 0. The fraction of sp³-hybridized carbons (Fsp3) is 0.308. The Hall–Kier alpha value is -1.81. The summed E-state index contributed by atoms with van der Waals surface area (Å²) >= 11 is 0. The number of H-pyrrole nitrogens is 1. The second kappa shape index (κ2) is 3.89.